The van der Waals surface area contributed by atoms with E-state index in [9.17, 15) is 9.59 Å². The van der Waals surface area contributed by atoms with Crippen molar-refractivity contribution in [3.63, 3.8) is 0 Å². The van der Waals surface area contributed by atoms with E-state index < -0.39 is 12.1 Å². The van der Waals surface area contributed by atoms with Crippen molar-refractivity contribution >= 4 is 12.1 Å². The zero-order chi connectivity index (χ0) is 17.4. The van der Waals surface area contributed by atoms with Crippen LogP contribution in [0.4, 0.5) is 4.79 Å². The topological polar surface area (TPSA) is 55.8 Å². The van der Waals surface area contributed by atoms with Gasteiger partial charge in [-0.1, -0.05) is 48.5 Å². The van der Waals surface area contributed by atoms with Crippen molar-refractivity contribution < 1.29 is 19.1 Å². The van der Waals surface area contributed by atoms with Gasteiger partial charge in [0.2, 0.25) is 0 Å². The fraction of sp³-hybridized carbons (Fsp3) is 0.300. The summed E-state index contributed by atoms with van der Waals surface area (Å²) in [6.07, 6.45) is 0.167. The lowest BCUT2D eigenvalue weighted by atomic mass is 9.98. The SMILES string of the molecule is COC(=O)[C@@H]1CCN1C(=O)OCC1c2ccccc2-c2ccccc21. The van der Waals surface area contributed by atoms with Gasteiger partial charge in [-0.25, -0.2) is 9.59 Å². The van der Waals surface area contributed by atoms with Crippen LogP contribution in [-0.2, 0) is 14.3 Å². The van der Waals surface area contributed by atoms with Crippen molar-refractivity contribution in [2.45, 2.75) is 18.4 Å². The van der Waals surface area contributed by atoms with E-state index in [2.05, 4.69) is 24.3 Å². The zero-order valence-electron chi connectivity index (χ0n) is 14.0. The Bertz CT molecular complexity index is 786. The summed E-state index contributed by atoms with van der Waals surface area (Å²) in [6, 6.07) is 15.9. The van der Waals surface area contributed by atoms with Crippen molar-refractivity contribution in [1.29, 1.82) is 0 Å². The van der Waals surface area contributed by atoms with Gasteiger partial charge in [-0.05, 0) is 28.7 Å². The molecule has 1 saturated heterocycles. The van der Waals surface area contributed by atoms with Gasteiger partial charge in [0.15, 0.2) is 0 Å². The van der Waals surface area contributed by atoms with Crippen LogP contribution in [0.2, 0.25) is 0 Å². The standard InChI is InChI=1S/C20H19NO4/c1-24-19(22)18-10-11-21(18)20(23)25-12-17-15-8-4-2-6-13(15)14-7-3-5-9-16(14)17/h2-9,17-18H,10-12H2,1H3/t18-/m0/s1. The van der Waals surface area contributed by atoms with Crippen LogP contribution in [0, 0.1) is 0 Å². The molecule has 0 radical (unpaired) electrons. The Balaban J connectivity index is 1.50. The Hall–Kier alpha value is -2.82. The lowest BCUT2D eigenvalue weighted by Gasteiger charge is -2.37. The van der Waals surface area contributed by atoms with Gasteiger partial charge in [-0.15, -0.1) is 0 Å². The molecule has 5 nitrogen and oxygen atoms in total. The molecule has 0 aromatic heterocycles. The summed E-state index contributed by atoms with van der Waals surface area (Å²) >= 11 is 0. The summed E-state index contributed by atoms with van der Waals surface area (Å²) in [4.78, 5) is 25.4. The summed E-state index contributed by atoms with van der Waals surface area (Å²) in [6.45, 7) is 0.785. The molecule has 4 rings (SSSR count). The van der Waals surface area contributed by atoms with E-state index in [1.165, 1.54) is 34.3 Å². The van der Waals surface area contributed by atoms with Crippen molar-refractivity contribution in [2.75, 3.05) is 20.3 Å². The average Bonchev–Trinajstić information content (AvgIpc) is 2.93. The number of nitrogens with zero attached hydrogens (tertiary/aromatic N) is 1. The first-order chi connectivity index (χ1) is 12.2. The summed E-state index contributed by atoms with van der Waals surface area (Å²) in [5, 5.41) is 0. The van der Waals surface area contributed by atoms with E-state index in [0.717, 1.165) is 0 Å². The molecule has 128 valence electrons. The largest absolute Gasteiger partial charge is 0.467 e. The second kappa shape index (κ2) is 6.24. The summed E-state index contributed by atoms with van der Waals surface area (Å²) in [5.41, 5.74) is 4.72. The minimum Gasteiger partial charge on any atom is -0.467 e. The second-order valence-corrected chi connectivity index (χ2v) is 6.33. The van der Waals surface area contributed by atoms with Crippen LogP contribution < -0.4 is 0 Å². The number of hydrogen-bond donors (Lipinski definition) is 0. The van der Waals surface area contributed by atoms with Crippen LogP contribution in [-0.4, -0.2) is 43.3 Å². The summed E-state index contributed by atoms with van der Waals surface area (Å²) in [5.74, 6) is -0.367. The molecule has 2 aromatic carbocycles. The van der Waals surface area contributed by atoms with Crippen molar-refractivity contribution in [1.82, 2.24) is 4.90 Å². The highest BCUT2D eigenvalue weighted by atomic mass is 16.6. The molecule has 1 fully saturated rings. The van der Waals surface area contributed by atoms with Crippen LogP contribution in [0.1, 0.15) is 23.5 Å². The molecule has 0 saturated carbocycles. The number of hydrogen-bond acceptors (Lipinski definition) is 4. The van der Waals surface area contributed by atoms with E-state index in [1.54, 1.807) is 0 Å². The fourth-order valence-electron chi connectivity index (χ4n) is 3.66. The number of amides is 1. The molecule has 1 heterocycles. The monoisotopic (exact) mass is 337 g/mol. The molecule has 25 heavy (non-hydrogen) atoms. The van der Waals surface area contributed by atoms with E-state index in [4.69, 9.17) is 9.47 Å². The zero-order valence-corrected chi connectivity index (χ0v) is 14.0. The van der Waals surface area contributed by atoms with Gasteiger partial charge < -0.3 is 9.47 Å². The van der Waals surface area contributed by atoms with Gasteiger partial charge in [0, 0.05) is 12.5 Å². The third kappa shape index (κ3) is 2.56. The first-order valence-corrected chi connectivity index (χ1v) is 8.40. The highest BCUT2D eigenvalue weighted by molar-refractivity contribution is 5.83. The molecular formula is C20H19NO4. The van der Waals surface area contributed by atoms with Gasteiger partial charge in [-0.3, -0.25) is 4.90 Å². The van der Waals surface area contributed by atoms with Crippen LogP contribution in [0.3, 0.4) is 0 Å². The number of carbonyl (C=O) groups excluding carboxylic acids is 2. The highest BCUT2D eigenvalue weighted by Crippen LogP contribution is 2.44. The Morgan fingerprint density at radius 3 is 2.16 bits per heavy atom. The van der Waals surface area contributed by atoms with Crippen LogP contribution >= 0.6 is 0 Å². The maximum absolute atomic E-state index is 12.3. The minimum absolute atomic E-state index is 0.0224. The molecular weight excluding hydrogens is 318 g/mol. The number of ether oxygens (including phenoxy) is 2. The first-order valence-electron chi connectivity index (χ1n) is 8.40. The normalized spacial score (nSPS) is 18.1. The lowest BCUT2D eigenvalue weighted by Crippen LogP contribution is -2.55. The minimum atomic E-state index is -0.513. The molecule has 1 atom stereocenters. The number of benzene rings is 2. The predicted octanol–water partition coefficient (Wildman–Crippen LogP) is 3.18. The molecule has 0 bridgehead atoms. The number of esters is 1. The Morgan fingerprint density at radius 2 is 1.64 bits per heavy atom. The Labute approximate surface area is 146 Å². The average molecular weight is 337 g/mol. The molecule has 0 N–H and O–H groups in total. The van der Waals surface area contributed by atoms with Gasteiger partial charge in [-0.2, -0.15) is 0 Å². The fourth-order valence-corrected chi connectivity index (χ4v) is 3.66. The third-order valence-electron chi connectivity index (χ3n) is 5.06. The van der Waals surface area contributed by atoms with Gasteiger partial charge >= 0.3 is 12.1 Å². The second-order valence-electron chi connectivity index (χ2n) is 6.33. The van der Waals surface area contributed by atoms with Crippen LogP contribution in [0.25, 0.3) is 11.1 Å². The lowest BCUT2D eigenvalue weighted by molar-refractivity contribution is -0.150. The Morgan fingerprint density at radius 1 is 1.04 bits per heavy atom. The van der Waals surface area contributed by atoms with Crippen molar-refractivity contribution in [3.05, 3.63) is 59.7 Å². The van der Waals surface area contributed by atoms with Gasteiger partial charge in [0.05, 0.1) is 7.11 Å². The maximum Gasteiger partial charge on any atom is 0.410 e. The van der Waals surface area contributed by atoms with Gasteiger partial charge in [0.25, 0.3) is 0 Å². The van der Waals surface area contributed by atoms with E-state index >= 15 is 0 Å². The van der Waals surface area contributed by atoms with E-state index in [1.807, 2.05) is 24.3 Å². The van der Waals surface area contributed by atoms with Gasteiger partial charge in [0.1, 0.15) is 12.6 Å². The molecule has 1 amide bonds. The number of methoxy groups -OCH3 is 1. The number of likely N-dealkylation sites (tertiary alicyclic amines) is 1. The maximum atomic E-state index is 12.3. The van der Waals surface area contributed by atoms with E-state index in [0.29, 0.717) is 13.0 Å². The summed E-state index contributed by atoms with van der Waals surface area (Å²) in [7, 11) is 1.33. The number of rotatable bonds is 3. The smallest absolute Gasteiger partial charge is 0.410 e. The van der Waals surface area contributed by atoms with Crippen LogP contribution in [0.5, 0.6) is 0 Å². The Kier molecular flexibility index (Phi) is 3.92. The number of carbonyl (C=O) groups is 2. The predicted molar refractivity (Wildman–Crippen MR) is 92.2 cm³/mol. The third-order valence-corrected chi connectivity index (χ3v) is 5.06. The molecule has 2 aromatic rings. The van der Waals surface area contributed by atoms with E-state index in [-0.39, 0.29) is 18.5 Å². The quantitative estimate of drug-likeness (QED) is 0.807. The molecule has 5 heteroatoms. The van der Waals surface area contributed by atoms with Crippen molar-refractivity contribution in [3.8, 4) is 11.1 Å². The highest BCUT2D eigenvalue weighted by Gasteiger charge is 2.40. The van der Waals surface area contributed by atoms with Crippen molar-refractivity contribution in [2.24, 2.45) is 0 Å². The summed E-state index contributed by atoms with van der Waals surface area (Å²) < 4.78 is 10.3. The molecule has 0 spiro atoms. The molecule has 2 aliphatic rings. The first kappa shape index (κ1) is 15.7. The van der Waals surface area contributed by atoms with Crippen LogP contribution in [0.15, 0.2) is 48.5 Å². The molecule has 1 aliphatic heterocycles. The number of fused-ring (bicyclic) bond motifs is 3. The molecule has 0 unspecified atom stereocenters. The molecule has 1 aliphatic carbocycles.